The van der Waals surface area contributed by atoms with Gasteiger partial charge in [-0.2, -0.15) is 0 Å². The van der Waals surface area contributed by atoms with Crippen molar-refractivity contribution in [3.05, 3.63) is 57.3 Å². The van der Waals surface area contributed by atoms with Crippen molar-refractivity contribution in [3.63, 3.8) is 0 Å². The molecule has 2 atom stereocenters. The number of carbonyl (C=O) groups is 2. The Morgan fingerprint density at radius 2 is 2.03 bits per heavy atom. The molecule has 4 rings (SSSR count). The molecule has 6 nitrogen and oxygen atoms in total. The number of aliphatic hydroxyl groups is 1. The second-order valence-corrected chi connectivity index (χ2v) is 8.46. The van der Waals surface area contributed by atoms with Gasteiger partial charge in [-0.3, -0.25) is 9.59 Å². The number of rotatable bonds is 6. The van der Waals surface area contributed by atoms with Crippen LogP contribution < -0.4 is 4.74 Å². The van der Waals surface area contributed by atoms with E-state index in [0.29, 0.717) is 31.1 Å². The van der Waals surface area contributed by atoms with Crippen molar-refractivity contribution in [2.45, 2.75) is 38.8 Å². The standard InChI is InChI=1S/C23H25NO5S/c1-3-28-16-8-6-15(7-9-16)20(25)18-19(22-14(2)10-12-30-22)24(23(27)21(18)26)13-17-5-4-11-29-17/h6-10,12,17,19,25H,3-5,11,13H2,1-2H3/b20-18-. The monoisotopic (exact) mass is 427 g/mol. The van der Waals surface area contributed by atoms with E-state index in [1.54, 1.807) is 29.2 Å². The topological polar surface area (TPSA) is 76.1 Å². The number of benzene rings is 1. The predicted molar refractivity (Wildman–Crippen MR) is 115 cm³/mol. The summed E-state index contributed by atoms with van der Waals surface area (Å²) >= 11 is 1.49. The number of aliphatic hydroxyl groups excluding tert-OH is 1. The molecule has 0 bridgehead atoms. The van der Waals surface area contributed by atoms with E-state index >= 15 is 0 Å². The fraction of sp³-hybridized carbons (Fsp3) is 0.391. The highest BCUT2D eigenvalue weighted by Crippen LogP contribution is 2.43. The normalized spacial score (nSPS) is 23.3. The van der Waals surface area contributed by atoms with Crippen molar-refractivity contribution >= 4 is 28.8 Å². The first-order valence-electron chi connectivity index (χ1n) is 10.2. The van der Waals surface area contributed by atoms with Crippen LogP contribution in [0, 0.1) is 6.92 Å². The molecule has 2 fully saturated rings. The molecular formula is C23H25NO5S. The molecule has 0 spiro atoms. The van der Waals surface area contributed by atoms with Crippen molar-refractivity contribution in [1.82, 2.24) is 4.90 Å². The zero-order chi connectivity index (χ0) is 21.3. The molecule has 0 saturated carbocycles. The fourth-order valence-electron chi connectivity index (χ4n) is 4.04. The van der Waals surface area contributed by atoms with Crippen LogP contribution in [0.5, 0.6) is 5.75 Å². The highest BCUT2D eigenvalue weighted by molar-refractivity contribution is 7.10. The van der Waals surface area contributed by atoms with Gasteiger partial charge in [0.25, 0.3) is 11.7 Å². The molecule has 1 amide bonds. The average molecular weight is 428 g/mol. The van der Waals surface area contributed by atoms with Gasteiger partial charge in [0.2, 0.25) is 0 Å². The Kier molecular flexibility index (Phi) is 5.92. The zero-order valence-electron chi connectivity index (χ0n) is 17.1. The lowest BCUT2D eigenvalue weighted by atomic mass is 9.98. The number of carbonyl (C=O) groups excluding carboxylic acids is 2. The molecule has 2 aliphatic rings. The number of hydrogen-bond acceptors (Lipinski definition) is 6. The number of ketones is 1. The summed E-state index contributed by atoms with van der Waals surface area (Å²) in [5.74, 6) is -0.726. The number of hydrogen-bond donors (Lipinski definition) is 1. The second kappa shape index (κ2) is 8.62. The third-order valence-corrected chi connectivity index (χ3v) is 6.62. The van der Waals surface area contributed by atoms with Gasteiger partial charge in [0.1, 0.15) is 11.5 Å². The van der Waals surface area contributed by atoms with Gasteiger partial charge in [-0.25, -0.2) is 0 Å². The van der Waals surface area contributed by atoms with Gasteiger partial charge >= 0.3 is 0 Å². The molecule has 2 unspecified atom stereocenters. The molecule has 1 N–H and O–H groups in total. The summed E-state index contributed by atoms with van der Waals surface area (Å²) in [6.45, 7) is 5.40. The van der Waals surface area contributed by atoms with Crippen LogP contribution >= 0.6 is 11.3 Å². The van der Waals surface area contributed by atoms with Crippen molar-refractivity contribution in [2.75, 3.05) is 19.8 Å². The summed E-state index contributed by atoms with van der Waals surface area (Å²) in [6, 6.07) is 8.24. The molecule has 0 aliphatic carbocycles. The number of Topliss-reactive ketones (excluding diaryl/α,β-unsaturated/α-hetero) is 1. The predicted octanol–water partition coefficient (Wildman–Crippen LogP) is 4.06. The Morgan fingerprint density at radius 3 is 2.63 bits per heavy atom. The Morgan fingerprint density at radius 1 is 1.27 bits per heavy atom. The average Bonchev–Trinajstić information content (AvgIpc) is 3.46. The minimum absolute atomic E-state index is 0.0866. The molecule has 1 aromatic carbocycles. The van der Waals surface area contributed by atoms with Gasteiger partial charge in [0.05, 0.1) is 24.3 Å². The number of aryl methyl sites for hydroxylation is 1. The molecule has 1 aromatic heterocycles. The Labute approximate surface area is 179 Å². The summed E-state index contributed by atoms with van der Waals surface area (Å²) < 4.78 is 11.2. The number of ether oxygens (including phenoxy) is 2. The van der Waals surface area contributed by atoms with E-state index in [9.17, 15) is 14.7 Å². The van der Waals surface area contributed by atoms with Crippen LogP contribution in [0.15, 0.2) is 41.3 Å². The maximum Gasteiger partial charge on any atom is 0.295 e. The van der Waals surface area contributed by atoms with Gasteiger partial charge in [-0.15, -0.1) is 11.3 Å². The number of thiophene rings is 1. The highest BCUT2D eigenvalue weighted by Gasteiger charge is 2.47. The van der Waals surface area contributed by atoms with E-state index < -0.39 is 17.7 Å². The molecule has 158 valence electrons. The van der Waals surface area contributed by atoms with Crippen LogP contribution in [-0.4, -0.2) is 47.6 Å². The fourth-order valence-corrected chi connectivity index (χ4v) is 5.09. The smallest absolute Gasteiger partial charge is 0.295 e. The third kappa shape index (κ3) is 3.75. The van der Waals surface area contributed by atoms with E-state index in [1.165, 1.54) is 11.3 Å². The Bertz CT molecular complexity index is 972. The molecule has 7 heteroatoms. The zero-order valence-corrected chi connectivity index (χ0v) is 17.9. The van der Waals surface area contributed by atoms with Crippen molar-refractivity contribution < 1.29 is 24.2 Å². The minimum atomic E-state index is -0.655. The van der Waals surface area contributed by atoms with Crippen LogP contribution in [-0.2, 0) is 14.3 Å². The molecule has 3 heterocycles. The molecule has 2 aliphatic heterocycles. The van der Waals surface area contributed by atoms with Crippen LogP contribution in [0.25, 0.3) is 5.76 Å². The lowest BCUT2D eigenvalue weighted by molar-refractivity contribution is -0.140. The minimum Gasteiger partial charge on any atom is -0.507 e. The largest absolute Gasteiger partial charge is 0.507 e. The van der Waals surface area contributed by atoms with Gasteiger partial charge in [0.15, 0.2) is 0 Å². The van der Waals surface area contributed by atoms with Gasteiger partial charge in [0, 0.05) is 23.6 Å². The molecule has 2 aromatic rings. The van der Waals surface area contributed by atoms with E-state index in [2.05, 4.69) is 0 Å². The van der Waals surface area contributed by atoms with Gasteiger partial charge in [-0.1, -0.05) is 0 Å². The summed E-state index contributed by atoms with van der Waals surface area (Å²) in [5.41, 5.74) is 1.60. The maximum atomic E-state index is 13.0. The summed E-state index contributed by atoms with van der Waals surface area (Å²) in [7, 11) is 0. The molecule has 30 heavy (non-hydrogen) atoms. The van der Waals surface area contributed by atoms with Crippen LogP contribution in [0.4, 0.5) is 0 Å². The molecule has 0 radical (unpaired) electrons. The lowest BCUT2D eigenvalue weighted by Gasteiger charge is -2.27. The first-order chi connectivity index (χ1) is 14.5. The SMILES string of the molecule is CCOc1ccc(/C(O)=C2/C(=O)C(=O)N(CC3CCCO3)C2c2sccc2C)cc1. The van der Waals surface area contributed by atoms with E-state index in [1.807, 2.05) is 25.3 Å². The quantitative estimate of drug-likeness (QED) is 0.428. The van der Waals surface area contributed by atoms with Crippen LogP contribution in [0.2, 0.25) is 0 Å². The molecule has 2 saturated heterocycles. The van der Waals surface area contributed by atoms with Gasteiger partial charge in [-0.05, 0) is 68.0 Å². The number of nitrogens with zero attached hydrogens (tertiary/aromatic N) is 1. The van der Waals surface area contributed by atoms with E-state index in [4.69, 9.17) is 9.47 Å². The summed E-state index contributed by atoms with van der Waals surface area (Å²) in [6.07, 6.45) is 1.72. The Hall–Kier alpha value is -2.64. The summed E-state index contributed by atoms with van der Waals surface area (Å²) in [4.78, 5) is 28.4. The number of amides is 1. The van der Waals surface area contributed by atoms with Crippen molar-refractivity contribution in [3.8, 4) is 5.75 Å². The van der Waals surface area contributed by atoms with Crippen LogP contribution in [0.1, 0.15) is 41.8 Å². The highest BCUT2D eigenvalue weighted by atomic mass is 32.1. The lowest BCUT2D eigenvalue weighted by Crippen LogP contribution is -2.36. The summed E-state index contributed by atoms with van der Waals surface area (Å²) in [5, 5.41) is 13.0. The van der Waals surface area contributed by atoms with Crippen molar-refractivity contribution in [2.24, 2.45) is 0 Å². The first-order valence-corrected chi connectivity index (χ1v) is 11.1. The third-order valence-electron chi connectivity index (χ3n) is 5.55. The van der Waals surface area contributed by atoms with Crippen molar-refractivity contribution in [1.29, 1.82) is 0 Å². The molecular weight excluding hydrogens is 402 g/mol. The first kappa shape index (κ1) is 20.6. The van der Waals surface area contributed by atoms with Gasteiger partial charge < -0.3 is 19.5 Å². The number of likely N-dealkylation sites (tertiary alicyclic amines) is 1. The van der Waals surface area contributed by atoms with E-state index in [-0.39, 0.29) is 17.4 Å². The van der Waals surface area contributed by atoms with Crippen LogP contribution in [0.3, 0.4) is 0 Å². The maximum absolute atomic E-state index is 13.0. The second-order valence-electron chi connectivity index (χ2n) is 7.51. The Balaban J connectivity index is 1.77. The van der Waals surface area contributed by atoms with E-state index in [0.717, 1.165) is 23.3 Å².